The molecule has 0 spiro atoms. The van der Waals surface area contributed by atoms with Crippen molar-refractivity contribution < 1.29 is 9.64 Å². The van der Waals surface area contributed by atoms with Gasteiger partial charge in [0.1, 0.15) is 24.1 Å². The number of aromatic amines is 1. The summed E-state index contributed by atoms with van der Waals surface area (Å²) < 4.78 is 7.04. The molecule has 0 unspecified atom stereocenters. The van der Waals surface area contributed by atoms with Crippen molar-refractivity contribution in [1.29, 1.82) is 0 Å². The Hall–Kier alpha value is -1.89. The third kappa shape index (κ3) is 2.73. The Morgan fingerprint density at radius 2 is 2.17 bits per heavy atom. The van der Waals surface area contributed by atoms with Crippen molar-refractivity contribution >= 4 is 33.5 Å². The van der Waals surface area contributed by atoms with Gasteiger partial charge in [0.05, 0.1) is 32.6 Å². The minimum atomic E-state index is -0.0324. The first kappa shape index (κ1) is 14.7. The van der Waals surface area contributed by atoms with Crippen LogP contribution in [0.4, 0.5) is 0 Å². The highest BCUT2D eigenvalue weighted by Gasteiger charge is 2.15. The van der Waals surface area contributed by atoms with Crippen LogP contribution in [0, 0.1) is 0 Å². The van der Waals surface area contributed by atoms with E-state index in [0.29, 0.717) is 22.6 Å². The number of morpholine rings is 1. The summed E-state index contributed by atoms with van der Waals surface area (Å²) in [4.78, 5) is 21.8. The summed E-state index contributed by atoms with van der Waals surface area (Å²) >= 11 is 6.04. The molecule has 0 amide bonds. The van der Waals surface area contributed by atoms with Crippen LogP contribution in [0.3, 0.4) is 0 Å². The van der Waals surface area contributed by atoms with Gasteiger partial charge < -0.3 is 14.6 Å². The monoisotopic (exact) mass is 333 g/mol. The number of nitrogens with zero attached hydrogens (tertiary/aromatic N) is 2. The Kier molecular flexibility index (Phi) is 3.80. The van der Waals surface area contributed by atoms with Crippen molar-refractivity contribution in [2.24, 2.45) is 0 Å². The molecule has 2 aromatic heterocycles. The van der Waals surface area contributed by atoms with Crippen molar-refractivity contribution in [2.75, 3.05) is 32.8 Å². The second-order valence-corrected chi connectivity index (χ2v) is 6.33. The van der Waals surface area contributed by atoms with Gasteiger partial charge in [-0.25, -0.2) is 4.98 Å². The zero-order valence-corrected chi connectivity index (χ0v) is 13.4. The summed E-state index contributed by atoms with van der Waals surface area (Å²) in [6.45, 7) is 5.15. The second-order valence-electron chi connectivity index (χ2n) is 5.89. The van der Waals surface area contributed by atoms with Gasteiger partial charge in [0.2, 0.25) is 0 Å². The Morgan fingerprint density at radius 1 is 1.35 bits per heavy atom. The molecule has 3 aromatic rings. The van der Waals surface area contributed by atoms with Crippen molar-refractivity contribution in [3.05, 3.63) is 39.9 Å². The molecule has 0 bridgehead atoms. The molecule has 1 aliphatic heterocycles. The molecule has 23 heavy (non-hydrogen) atoms. The number of hydrogen-bond donors (Lipinski definition) is 2. The number of quaternary nitrogens is 1. The predicted octanol–water partition coefficient (Wildman–Crippen LogP) is 0.446. The Balaban J connectivity index is 1.67. The predicted molar refractivity (Wildman–Crippen MR) is 89.3 cm³/mol. The molecule has 7 heteroatoms. The molecular formula is C16H18ClN4O2+. The van der Waals surface area contributed by atoms with Gasteiger partial charge in [0, 0.05) is 15.9 Å². The topological polar surface area (TPSA) is 64.3 Å². The van der Waals surface area contributed by atoms with Crippen LogP contribution in [0.5, 0.6) is 0 Å². The smallest absolute Gasteiger partial charge is 0.277 e. The third-order valence-corrected chi connectivity index (χ3v) is 4.68. The van der Waals surface area contributed by atoms with Gasteiger partial charge >= 0.3 is 0 Å². The molecule has 1 saturated heterocycles. The van der Waals surface area contributed by atoms with Crippen molar-refractivity contribution in [1.82, 2.24) is 14.5 Å². The number of hydrogen-bond acceptors (Lipinski definition) is 3. The highest BCUT2D eigenvalue weighted by Crippen LogP contribution is 2.24. The van der Waals surface area contributed by atoms with Crippen molar-refractivity contribution in [2.45, 2.75) is 6.54 Å². The number of nitrogens with one attached hydrogen (secondary N) is 2. The van der Waals surface area contributed by atoms with Crippen LogP contribution in [0.25, 0.3) is 21.9 Å². The van der Waals surface area contributed by atoms with Gasteiger partial charge in [-0.1, -0.05) is 11.6 Å². The lowest BCUT2D eigenvalue weighted by molar-refractivity contribution is -0.908. The highest BCUT2D eigenvalue weighted by atomic mass is 35.5. The van der Waals surface area contributed by atoms with E-state index in [2.05, 4.69) is 9.97 Å². The Morgan fingerprint density at radius 3 is 3.00 bits per heavy atom. The van der Waals surface area contributed by atoms with Crippen molar-refractivity contribution in [3.63, 3.8) is 0 Å². The number of rotatable bonds is 3. The van der Waals surface area contributed by atoms with E-state index in [0.717, 1.165) is 43.8 Å². The number of aromatic nitrogens is 3. The van der Waals surface area contributed by atoms with Crippen molar-refractivity contribution in [3.8, 4) is 0 Å². The maximum atomic E-state index is 12.7. The fourth-order valence-electron chi connectivity index (χ4n) is 3.11. The fraction of sp³-hybridized carbons (Fsp3) is 0.375. The summed E-state index contributed by atoms with van der Waals surface area (Å²) in [6, 6.07) is 5.52. The molecule has 0 saturated carbocycles. The average molecular weight is 334 g/mol. The van der Waals surface area contributed by atoms with E-state index in [1.807, 2.05) is 12.1 Å². The number of H-pyrrole nitrogens is 1. The first-order chi connectivity index (χ1) is 11.2. The summed E-state index contributed by atoms with van der Waals surface area (Å²) in [5.41, 5.74) is 2.07. The Bertz CT molecular complexity index is 911. The first-order valence-electron chi connectivity index (χ1n) is 7.80. The van der Waals surface area contributed by atoms with E-state index in [4.69, 9.17) is 16.3 Å². The summed E-state index contributed by atoms with van der Waals surface area (Å²) in [5, 5.41) is 1.52. The lowest BCUT2D eigenvalue weighted by atomic mass is 10.2. The Labute approximate surface area is 137 Å². The van der Waals surface area contributed by atoms with Gasteiger partial charge in [-0.05, 0) is 18.2 Å². The zero-order chi connectivity index (χ0) is 15.8. The maximum absolute atomic E-state index is 12.7. The van der Waals surface area contributed by atoms with Crippen LogP contribution < -0.4 is 10.5 Å². The highest BCUT2D eigenvalue weighted by molar-refractivity contribution is 6.31. The van der Waals surface area contributed by atoms with Gasteiger partial charge in [-0.3, -0.25) is 9.36 Å². The SMILES string of the molecule is O=c1c2[nH]c3ccc(Cl)cc3c2ncn1CC[NH+]1CCOCC1. The van der Waals surface area contributed by atoms with Crippen LogP contribution in [0.2, 0.25) is 5.02 Å². The van der Waals surface area contributed by atoms with Crippen LogP contribution in [-0.2, 0) is 11.3 Å². The third-order valence-electron chi connectivity index (χ3n) is 4.44. The normalized spacial score (nSPS) is 16.4. The number of ether oxygens (including phenoxy) is 1. The molecule has 120 valence electrons. The van der Waals surface area contributed by atoms with Gasteiger partial charge in [0.25, 0.3) is 5.56 Å². The quantitative estimate of drug-likeness (QED) is 0.731. The minimum absolute atomic E-state index is 0.0324. The summed E-state index contributed by atoms with van der Waals surface area (Å²) in [6.07, 6.45) is 1.64. The molecule has 1 fully saturated rings. The lowest BCUT2D eigenvalue weighted by Gasteiger charge is -2.23. The summed E-state index contributed by atoms with van der Waals surface area (Å²) in [5.74, 6) is 0. The molecule has 0 aliphatic carbocycles. The van der Waals surface area contributed by atoms with E-state index < -0.39 is 0 Å². The largest absolute Gasteiger partial charge is 0.370 e. The second kappa shape index (κ2) is 5.96. The average Bonchev–Trinajstić information content (AvgIpc) is 2.94. The minimum Gasteiger partial charge on any atom is -0.370 e. The lowest BCUT2D eigenvalue weighted by Crippen LogP contribution is -3.14. The molecule has 3 heterocycles. The van der Waals surface area contributed by atoms with Gasteiger partial charge in [-0.15, -0.1) is 0 Å². The van der Waals surface area contributed by atoms with E-state index >= 15 is 0 Å². The molecular weight excluding hydrogens is 316 g/mol. The van der Waals surface area contributed by atoms with Gasteiger partial charge in [0.15, 0.2) is 0 Å². The van der Waals surface area contributed by atoms with Crippen LogP contribution in [0.15, 0.2) is 29.3 Å². The van der Waals surface area contributed by atoms with E-state index in [1.165, 1.54) is 4.90 Å². The molecule has 4 rings (SSSR count). The molecule has 1 aliphatic rings. The van der Waals surface area contributed by atoms with Gasteiger partial charge in [-0.2, -0.15) is 0 Å². The van der Waals surface area contributed by atoms with E-state index in [-0.39, 0.29) is 5.56 Å². The fourth-order valence-corrected chi connectivity index (χ4v) is 3.28. The van der Waals surface area contributed by atoms with E-state index in [9.17, 15) is 4.79 Å². The number of fused-ring (bicyclic) bond motifs is 3. The zero-order valence-electron chi connectivity index (χ0n) is 12.6. The molecule has 2 N–H and O–H groups in total. The number of benzene rings is 1. The maximum Gasteiger partial charge on any atom is 0.277 e. The standard InChI is InChI=1S/C16H17ClN4O2/c17-11-1-2-13-12(9-11)14-15(19-13)16(22)21(10-18-14)4-3-20-5-7-23-8-6-20/h1-2,9-10,19H,3-8H2/p+1. The summed E-state index contributed by atoms with van der Waals surface area (Å²) in [7, 11) is 0. The molecule has 0 radical (unpaired) electrons. The first-order valence-corrected chi connectivity index (χ1v) is 8.18. The molecule has 1 aromatic carbocycles. The molecule has 0 atom stereocenters. The van der Waals surface area contributed by atoms with Crippen LogP contribution >= 0.6 is 11.6 Å². The van der Waals surface area contributed by atoms with E-state index in [1.54, 1.807) is 17.0 Å². The number of halogens is 1. The molecule has 6 nitrogen and oxygen atoms in total. The van der Waals surface area contributed by atoms with Crippen LogP contribution in [-0.4, -0.2) is 47.4 Å². The van der Waals surface area contributed by atoms with Crippen LogP contribution in [0.1, 0.15) is 0 Å².